The lowest BCUT2D eigenvalue weighted by molar-refractivity contribution is -0.117. The van der Waals surface area contributed by atoms with Crippen LogP contribution in [0.2, 0.25) is 0 Å². The van der Waals surface area contributed by atoms with E-state index in [1.807, 2.05) is 0 Å². The Balaban J connectivity index is 2.22. The molecular formula is C10H9N3O. The van der Waals surface area contributed by atoms with Crippen molar-refractivity contribution in [1.29, 1.82) is 0 Å². The molecule has 1 aromatic heterocycles. The minimum absolute atomic E-state index is 0.0238. The van der Waals surface area contributed by atoms with Crippen molar-refractivity contribution in [2.45, 2.75) is 6.42 Å². The summed E-state index contributed by atoms with van der Waals surface area (Å²) in [5, 5.41) is 7.37. The predicted octanol–water partition coefficient (Wildman–Crippen LogP) is 0.463. The van der Waals surface area contributed by atoms with Gasteiger partial charge in [-0.2, -0.15) is 10.2 Å². The molecule has 0 radical (unpaired) electrons. The Morgan fingerprint density at radius 2 is 2.43 bits per heavy atom. The first-order chi connectivity index (χ1) is 6.81. The lowest BCUT2D eigenvalue weighted by atomic mass is 10.1. The van der Waals surface area contributed by atoms with Crippen molar-refractivity contribution < 1.29 is 4.79 Å². The average Bonchev–Trinajstić information content (AvgIpc) is 2.61. The topological polar surface area (TPSA) is 46.1 Å². The van der Waals surface area contributed by atoms with Crippen LogP contribution >= 0.6 is 0 Å². The Morgan fingerprint density at radius 3 is 3.00 bits per heavy atom. The Hall–Kier alpha value is -1.89. The van der Waals surface area contributed by atoms with Gasteiger partial charge in [0.05, 0.1) is 18.1 Å². The van der Waals surface area contributed by atoms with Crippen LogP contribution in [0.25, 0.3) is 0 Å². The molecule has 4 nitrogen and oxygen atoms in total. The van der Waals surface area contributed by atoms with Gasteiger partial charge in [0.2, 0.25) is 5.91 Å². The maximum absolute atomic E-state index is 11.5. The highest BCUT2D eigenvalue weighted by Gasteiger charge is 2.29. The van der Waals surface area contributed by atoms with E-state index < -0.39 is 0 Å². The molecule has 1 saturated heterocycles. The molecule has 0 N–H and O–H groups in total. The summed E-state index contributed by atoms with van der Waals surface area (Å²) in [5.41, 5.74) is 0.766. The van der Waals surface area contributed by atoms with E-state index >= 15 is 0 Å². The van der Waals surface area contributed by atoms with Crippen molar-refractivity contribution >= 4 is 11.6 Å². The third-order valence-electron chi connectivity index (χ3n) is 2.24. The molecule has 1 atom stereocenters. The number of anilines is 1. The standard InChI is InChI=1S/C10H9N3O/c1-2-8-5-10(14)13(7-8)9-3-4-11-12-6-9/h1,3-4,6,8H,5,7H2. The first kappa shape index (κ1) is 8.70. The smallest absolute Gasteiger partial charge is 0.228 e. The fourth-order valence-electron chi connectivity index (χ4n) is 1.51. The second-order valence-corrected chi connectivity index (χ2v) is 3.17. The molecule has 1 aromatic rings. The predicted molar refractivity (Wildman–Crippen MR) is 51.3 cm³/mol. The highest BCUT2D eigenvalue weighted by atomic mass is 16.2. The molecule has 70 valence electrons. The lowest BCUT2D eigenvalue weighted by Crippen LogP contribution is -2.24. The summed E-state index contributed by atoms with van der Waals surface area (Å²) in [4.78, 5) is 13.2. The van der Waals surface area contributed by atoms with Gasteiger partial charge in [-0.05, 0) is 6.07 Å². The minimum Gasteiger partial charge on any atom is -0.309 e. The summed E-state index contributed by atoms with van der Waals surface area (Å²) in [6.45, 7) is 0.584. The molecule has 1 aliphatic heterocycles. The van der Waals surface area contributed by atoms with E-state index in [4.69, 9.17) is 6.42 Å². The number of terminal acetylenes is 1. The zero-order valence-corrected chi connectivity index (χ0v) is 7.55. The monoisotopic (exact) mass is 187 g/mol. The van der Waals surface area contributed by atoms with Crippen LogP contribution < -0.4 is 4.90 Å². The van der Waals surface area contributed by atoms with Crippen LogP contribution in [0.5, 0.6) is 0 Å². The molecule has 2 heterocycles. The van der Waals surface area contributed by atoms with Gasteiger partial charge in [-0.1, -0.05) is 0 Å². The molecule has 1 fully saturated rings. The van der Waals surface area contributed by atoms with Gasteiger partial charge in [-0.3, -0.25) is 4.79 Å². The maximum atomic E-state index is 11.5. The van der Waals surface area contributed by atoms with Crippen molar-refractivity contribution in [3.8, 4) is 12.3 Å². The van der Waals surface area contributed by atoms with E-state index in [-0.39, 0.29) is 11.8 Å². The van der Waals surface area contributed by atoms with Gasteiger partial charge in [0.15, 0.2) is 0 Å². The lowest BCUT2D eigenvalue weighted by Gasteiger charge is -2.14. The first-order valence-electron chi connectivity index (χ1n) is 4.34. The molecular weight excluding hydrogens is 178 g/mol. The minimum atomic E-state index is 0.0238. The van der Waals surface area contributed by atoms with Crippen molar-refractivity contribution in [3.05, 3.63) is 18.5 Å². The Kier molecular flexibility index (Phi) is 2.15. The van der Waals surface area contributed by atoms with Gasteiger partial charge >= 0.3 is 0 Å². The maximum Gasteiger partial charge on any atom is 0.228 e. The van der Waals surface area contributed by atoms with Crippen LogP contribution in [0.15, 0.2) is 18.5 Å². The summed E-state index contributed by atoms with van der Waals surface area (Å²) in [6.07, 6.45) is 8.84. The zero-order chi connectivity index (χ0) is 9.97. The molecule has 1 amide bonds. The molecule has 0 aromatic carbocycles. The van der Waals surface area contributed by atoms with Crippen molar-refractivity contribution in [2.75, 3.05) is 11.4 Å². The van der Waals surface area contributed by atoms with Gasteiger partial charge in [0.25, 0.3) is 0 Å². The summed E-state index contributed by atoms with van der Waals surface area (Å²) in [5.74, 6) is 2.68. The van der Waals surface area contributed by atoms with Gasteiger partial charge in [-0.25, -0.2) is 0 Å². The Labute approximate surface area is 81.9 Å². The van der Waals surface area contributed by atoms with Gasteiger partial charge in [0, 0.05) is 18.9 Å². The third kappa shape index (κ3) is 1.44. The van der Waals surface area contributed by atoms with Crippen LogP contribution in [0, 0.1) is 18.3 Å². The summed E-state index contributed by atoms with van der Waals surface area (Å²) >= 11 is 0. The quantitative estimate of drug-likeness (QED) is 0.600. The molecule has 0 bridgehead atoms. The molecule has 14 heavy (non-hydrogen) atoms. The fraction of sp³-hybridized carbons (Fsp3) is 0.300. The second-order valence-electron chi connectivity index (χ2n) is 3.17. The van der Waals surface area contributed by atoms with Gasteiger partial charge < -0.3 is 4.90 Å². The Bertz CT molecular complexity index is 382. The van der Waals surface area contributed by atoms with Crippen LogP contribution in [0.4, 0.5) is 5.69 Å². The van der Waals surface area contributed by atoms with Crippen molar-refractivity contribution in [3.63, 3.8) is 0 Å². The summed E-state index contributed by atoms with van der Waals surface area (Å²) in [7, 11) is 0. The molecule has 2 rings (SSSR count). The molecule has 0 aliphatic carbocycles. The van der Waals surface area contributed by atoms with E-state index in [2.05, 4.69) is 16.1 Å². The van der Waals surface area contributed by atoms with Gasteiger partial charge in [0.1, 0.15) is 0 Å². The van der Waals surface area contributed by atoms with Crippen molar-refractivity contribution in [1.82, 2.24) is 10.2 Å². The molecule has 0 spiro atoms. The van der Waals surface area contributed by atoms with Crippen LogP contribution in [0.3, 0.4) is 0 Å². The number of hydrogen-bond acceptors (Lipinski definition) is 3. The first-order valence-corrected chi connectivity index (χ1v) is 4.34. The largest absolute Gasteiger partial charge is 0.309 e. The van der Waals surface area contributed by atoms with E-state index in [0.29, 0.717) is 13.0 Å². The second kappa shape index (κ2) is 3.46. The summed E-state index contributed by atoms with van der Waals surface area (Å²) < 4.78 is 0. The molecule has 0 saturated carbocycles. The fourth-order valence-corrected chi connectivity index (χ4v) is 1.51. The van der Waals surface area contributed by atoms with Crippen LogP contribution in [-0.2, 0) is 4.79 Å². The number of carbonyl (C=O) groups is 1. The van der Waals surface area contributed by atoms with Gasteiger partial charge in [-0.15, -0.1) is 12.3 Å². The van der Waals surface area contributed by atoms with E-state index in [1.54, 1.807) is 23.4 Å². The molecule has 1 aliphatic rings. The SMILES string of the molecule is C#CC1CC(=O)N(c2ccnnc2)C1. The summed E-state index contributed by atoms with van der Waals surface area (Å²) in [6, 6.07) is 1.75. The molecule has 4 heteroatoms. The highest BCUT2D eigenvalue weighted by Crippen LogP contribution is 2.22. The van der Waals surface area contributed by atoms with E-state index in [0.717, 1.165) is 5.69 Å². The number of carbonyl (C=O) groups excluding carboxylic acids is 1. The number of nitrogens with zero attached hydrogens (tertiary/aromatic N) is 3. The number of amides is 1. The molecule has 1 unspecified atom stereocenters. The normalized spacial score (nSPS) is 20.9. The third-order valence-corrected chi connectivity index (χ3v) is 2.24. The van der Waals surface area contributed by atoms with E-state index in [9.17, 15) is 4.79 Å². The number of hydrogen-bond donors (Lipinski definition) is 0. The van der Waals surface area contributed by atoms with Crippen LogP contribution in [0.1, 0.15) is 6.42 Å². The van der Waals surface area contributed by atoms with Crippen LogP contribution in [-0.4, -0.2) is 22.6 Å². The number of rotatable bonds is 1. The highest BCUT2D eigenvalue weighted by molar-refractivity contribution is 5.95. The number of aromatic nitrogens is 2. The average molecular weight is 187 g/mol. The Morgan fingerprint density at radius 1 is 1.57 bits per heavy atom. The zero-order valence-electron chi connectivity index (χ0n) is 7.55. The van der Waals surface area contributed by atoms with E-state index in [1.165, 1.54) is 0 Å². The van der Waals surface area contributed by atoms with Crippen molar-refractivity contribution in [2.24, 2.45) is 5.92 Å².